The molecule has 0 aromatic carbocycles. The van der Waals surface area contributed by atoms with Crippen molar-refractivity contribution in [3.05, 3.63) is 38.1 Å². The molecule has 2 aliphatic heterocycles. The second-order valence-corrected chi connectivity index (χ2v) is 10.2. The van der Waals surface area contributed by atoms with Gasteiger partial charge in [0.1, 0.15) is 10.7 Å². The van der Waals surface area contributed by atoms with Crippen LogP contribution in [-0.2, 0) is 17.7 Å². The smallest absolute Gasteiger partial charge is 0.409 e. The fraction of sp³-hybridized carbons (Fsp3) is 0.524. The van der Waals surface area contributed by atoms with Crippen molar-refractivity contribution in [2.75, 3.05) is 26.7 Å². The third kappa shape index (κ3) is 4.03. The molecule has 5 rings (SSSR count). The van der Waals surface area contributed by atoms with Crippen molar-refractivity contribution in [2.45, 2.75) is 31.9 Å². The van der Waals surface area contributed by atoms with Crippen LogP contribution in [0.3, 0.4) is 0 Å². The van der Waals surface area contributed by atoms with Crippen molar-refractivity contribution < 1.29 is 19.1 Å². The van der Waals surface area contributed by atoms with Crippen LogP contribution in [-0.4, -0.2) is 64.8 Å². The molecule has 10 heteroatoms. The summed E-state index contributed by atoms with van der Waals surface area (Å²) in [5, 5.41) is 8.07. The largest absolute Gasteiger partial charge is 0.473 e. The van der Waals surface area contributed by atoms with Gasteiger partial charge in [0.2, 0.25) is 5.88 Å². The molecule has 31 heavy (non-hydrogen) atoms. The predicted octanol–water partition coefficient (Wildman–Crippen LogP) is 3.35. The molecule has 0 radical (unpaired) electrons. The zero-order chi connectivity index (χ0) is 21.5. The number of amides is 2. The third-order valence-corrected chi connectivity index (χ3v) is 8.06. The molecule has 2 fully saturated rings. The van der Waals surface area contributed by atoms with Crippen molar-refractivity contribution in [2.24, 2.45) is 11.8 Å². The molecule has 4 heterocycles. The van der Waals surface area contributed by atoms with Crippen LogP contribution in [0.1, 0.15) is 33.0 Å². The Balaban J connectivity index is 1.24. The normalized spacial score (nSPS) is 24.6. The van der Waals surface area contributed by atoms with E-state index >= 15 is 0 Å². The summed E-state index contributed by atoms with van der Waals surface area (Å²) in [5.41, 5.74) is 1.17. The molecule has 1 saturated carbocycles. The quantitative estimate of drug-likeness (QED) is 0.634. The highest BCUT2D eigenvalue weighted by molar-refractivity contribution is 9.10. The van der Waals surface area contributed by atoms with Gasteiger partial charge in [-0.25, -0.2) is 4.79 Å². The minimum Gasteiger partial charge on any atom is -0.473 e. The lowest BCUT2D eigenvalue weighted by Crippen LogP contribution is -2.35. The number of halogens is 1. The van der Waals surface area contributed by atoms with Gasteiger partial charge in [-0.3, -0.25) is 4.79 Å². The summed E-state index contributed by atoms with van der Waals surface area (Å²) in [7, 11) is 1.39. The Bertz CT molecular complexity index is 998. The van der Waals surface area contributed by atoms with Crippen LogP contribution >= 0.6 is 27.3 Å². The summed E-state index contributed by atoms with van der Waals surface area (Å²) in [4.78, 5) is 30.5. The Morgan fingerprint density at radius 3 is 2.84 bits per heavy atom. The van der Waals surface area contributed by atoms with E-state index in [0.29, 0.717) is 42.0 Å². The van der Waals surface area contributed by atoms with Crippen LogP contribution in [0.15, 0.2) is 22.8 Å². The Labute approximate surface area is 192 Å². The number of rotatable bonds is 3. The highest BCUT2D eigenvalue weighted by atomic mass is 79.9. The van der Waals surface area contributed by atoms with Gasteiger partial charge in [0.05, 0.1) is 18.5 Å². The predicted molar refractivity (Wildman–Crippen MR) is 117 cm³/mol. The fourth-order valence-corrected chi connectivity index (χ4v) is 6.32. The molecule has 8 nitrogen and oxygen atoms in total. The minimum absolute atomic E-state index is 0.0587. The highest BCUT2D eigenvalue weighted by Gasteiger charge is 2.45. The van der Waals surface area contributed by atoms with E-state index in [9.17, 15) is 9.59 Å². The van der Waals surface area contributed by atoms with Gasteiger partial charge in [0.15, 0.2) is 0 Å². The first-order valence-electron chi connectivity index (χ1n) is 10.4. The number of ether oxygens (including phenoxy) is 2. The van der Waals surface area contributed by atoms with Crippen LogP contribution in [0, 0.1) is 11.8 Å². The van der Waals surface area contributed by atoms with E-state index in [1.165, 1.54) is 24.0 Å². The van der Waals surface area contributed by atoms with Gasteiger partial charge >= 0.3 is 6.09 Å². The van der Waals surface area contributed by atoms with Gasteiger partial charge in [-0.2, -0.15) is 0 Å². The van der Waals surface area contributed by atoms with Crippen LogP contribution in [0.2, 0.25) is 0 Å². The molecule has 1 saturated heterocycles. The minimum atomic E-state index is -0.319. The monoisotopic (exact) mass is 506 g/mol. The number of nitrogens with zero attached hydrogens (tertiary/aromatic N) is 4. The molecule has 2 aromatic rings. The molecule has 3 atom stereocenters. The number of hydrogen-bond donors (Lipinski definition) is 0. The van der Waals surface area contributed by atoms with E-state index in [1.54, 1.807) is 4.90 Å². The van der Waals surface area contributed by atoms with Gasteiger partial charge in [-0.15, -0.1) is 21.5 Å². The van der Waals surface area contributed by atoms with E-state index in [2.05, 4.69) is 26.1 Å². The van der Waals surface area contributed by atoms with Gasteiger partial charge in [-0.05, 0) is 58.8 Å². The second kappa shape index (κ2) is 8.38. The van der Waals surface area contributed by atoms with Crippen LogP contribution < -0.4 is 4.74 Å². The SMILES string of the molecule is COC(=O)N1CCc2cc(C(=O)N3C[C@@H]4CC[C@@H](Oc5ccc(Br)nn5)[C@@H]4C3)sc2C1. The molecule has 0 N–H and O–H groups in total. The maximum atomic E-state index is 13.2. The third-order valence-electron chi connectivity index (χ3n) is 6.48. The molecule has 0 unspecified atom stereocenters. The first-order valence-corrected chi connectivity index (χ1v) is 12.0. The zero-order valence-electron chi connectivity index (χ0n) is 17.1. The molecular formula is C21H23BrN4O4S. The summed E-state index contributed by atoms with van der Waals surface area (Å²) < 4.78 is 11.6. The van der Waals surface area contributed by atoms with Gasteiger partial charge in [0, 0.05) is 36.5 Å². The lowest BCUT2D eigenvalue weighted by Gasteiger charge is -2.25. The van der Waals surface area contributed by atoms with E-state index in [1.807, 2.05) is 23.1 Å². The summed E-state index contributed by atoms with van der Waals surface area (Å²) in [6.07, 6.45) is 2.53. The van der Waals surface area contributed by atoms with Gasteiger partial charge < -0.3 is 19.3 Å². The number of aromatic nitrogens is 2. The van der Waals surface area contributed by atoms with Crippen molar-refractivity contribution in [3.63, 3.8) is 0 Å². The average molecular weight is 507 g/mol. The topological polar surface area (TPSA) is 84.9 Å². The van der Waals surface area contributed by atoms with Crippen molar-refractivity contribution in [1.82, 2.24) is 20.0 Å². The molecule has 164 valence electrons. The Hall–Kier alpha value is -2.20. The Morgan fingerprint density at radius 1 is 1.19 bits per heavy atom. The zero-order valence-corrected chi connectivity index (χ0v) is 19.5. The number of carbonyl (C=O) groups is 2. The van der Waals surface area contributed by atoms with Crippen molar-refractivity contribution in [1.29, 1.82) is 0 Å². The molecule has 0 bridgehead atoms. The van der Waals surface area contributed by atoms with Gasteiger partial charge in [-0.1, -0.05) is 0 Å². The first kappa shape index (κ1) is 20.7. The number of thiophene rings is 1. The molecule has 2 aromatic heterocycles. The number of fused-ring (bicyclic) bond motifs is 2. The number of likely N-dealkylation sites (tertiary alicyclic amines) is 1. The molecule has 2 amide bonds. The molecule has 0 spiro atoms. The summed E-state index contributed by atoms with van der Waals surface area (Å²) >= 11 is 4.79. The second-order valence-electron chi connectivity index (χ2n) is 8.26. The number of hydrogen-bond acceptors (Lipinski definition) is 7. The average Bonchev–Trinajstić information content (AvgIpc) is 3.48. The Kier molecular flexibility index (Phi) is 5.60. The molecule has 1 aliphatic carbocycles. The molecular weight excluding hydrogens is 484 g/mol. The molecule has 3 aliphatic rings. The van der Waals surface area contributed by atoms with Crippen molar-refractivity contribution in [3.8, 4) is 5.88 Å². The van der Waals surface area contributed by atoms with E-state index in [4.69, 9.17) is 9.47 Å². The number of methoxy groups -OCH3 is 1. The van der Waals surface area contributed by atoms with Crippen LogP contribution in [0.5, 0.6) is 5.88 Å². The summed E-state index contributed by atoms with van der Waals surface area (Å²) in [5.74, 6) is 1.39. The maximum absolute atomic E-state index is 13.2. The lowest BCUT2D eigenvalue weighted by atomic mass is 9.99. The standard InChI is InChI=1S/C21H23BrN4O4S/c1-29-21(28)25-7-6-12-8-16(31-17(12)11-25)20(27)26-9-13-2-3-15(14(13)10-26)30-19-5-4-18(22)23-24-19/h4-5,8,13-15H,2-3,6-7,9-11H2,1H3/t13-,14+,15+/m0/s1. The first-order chi connectivity index (χ1) is 15.0. The summed E-state index contributed by atoms with van der Waals surface area (Å²) in [6.45, 7) is 2.60. The summed E-state index contributed by atoms with van der Waals surface area (Å²) in [6, 6.07) is 5.64. The lowest BCUT2D eigenvalue weighted by molar-refractivity contribution is 0.0765. The van der Waals surface area contributed by atoms with Crippen LogP contribution in [0.4, 0.5) is 4.79 Å². The fourth-order valence-electron chi connectivity index (χ4n) is 4.92. The van der Waals surface area contributed by atoms with Gasteiger partial charge in [0.25, 0.3) is 5.91 Å². The van der Waals surface area contributed by atoms with E-state index < -0.39 is 0 Å². The van der Waals surface area contributed by atoms with Crippen molar-refractivity contribution >= 4 is 39.3 Å². The van der Waals surface area contributed by atoms with E-state index in [-0.39, 0.29) is 18.1 Å². The maximum Gasteiger partial charge on any atom is 0.409 e. The Morgan fingerprint density at radius 2 is 2.06 bits per heavy atom. The van der Waals surface area contributed by atoms with Crippen LogP contribution in [0.25, 0.3) is 0 Å². The van der Waals surface area contributed by atoms with E-state index in [0.717, 1.165) is 35.6 Å². The highest BCUT2D eigenvalue weighted by Crippen LogP contribution is 2.41. The number of carbonyl (C=O) groups excluding carboxylic acids is 2.